The van der Waals surface area contributed by atoms with Crippen molar-refractivity contribution in [3.8, 4) is 0 Å². The minimum atomic E-state index is -0.105. The predicted molar refractivity (Wildman–Crippen MR) is 75.5 cm³/mol. The first-order chi connectivity index (χ1) is 9.15. The molecule has 0 N–H and O–H groups in total. The molecule has 0 saturated carbocycles. The molecular weight excluding hydrogens is 239 g/mol. The molecular formula is C16H17FN2. The summed E-state index contributed by atoms with van der Waals surface area (Å²) in [4.78, 5) is 2.39. The molecule has 2 atom stereocenters. The van der Waals surface area contributed by atoms with E-state index in [1.165, 1.54) is 11.1 Å². The second kappa shape index (κ2) is 3.70. The Kier molecular flexibility index (Phi) is 2.19. The highest BCUT2D eigenvalue weighted by atomic mass is 19.1. The second-order valence-electron chi connectivity index (χ2n) is 5.89. The number of para-hydroxylation sites is 1. The van der Waals surface area contributed by atoms with Crippen LogP contribution in [0.2, 0.25) is 0 Å². The number of aromatic nitrogens is 1. The van der Waals surface area contributed by atoms with Crippen molar-refractivity contribution in [3.63, 3.8) is 0 Å². The van der Waals surface area contributed by atoms with Crippen LogP contribution >= 0.6 is 0 Å². The molecule has 0 fully saturated rings. The van der Waals surface area contributed by atoms with Crippen molar-refractivity contribution in [3.05, 3.63) is 41.9 Å². The van der Waals surface area contributed by atoms with Crippen LogP contribution in [0.15, 0.2) is 30.5 Å². The summed E-state index contributed by atoms with van der Waals surface area (Å²) in [5, 5.41) is 0.748. The minimum Gasteiger partial charge on any atom is -0.342 e. The summed E-state index contributed by atoms with van der Waals surface area (Å²) in [6, 6.07) is 6.35. The first-order valence-electron chi connectivity index (χ1n) is 6.85. The largest absolute Gasteiger partial charge is 0.342 e. The third-order valence-corrected chi connectivity index (χ3v) is 4.46. The molecule has 2 aliphatic rings. The van der Waals surface area contributed by atoms with Crippen molar-refractivity contribution < 1.29 is 4.39 Å². The van der Waals surface area contributed by atoms with Gasteiger partial charge in [0.1, 0.15) is 5.82 Å². The van der Waals surface area contributed by atoms with Crippen LogP contribution in [0.4, 0.5) is 4.39 Å². The van der Waals surface area contributed by atoms with Crippen LogP contribution < -0.4 is 0 Å². The van der Waals surface area contributed by atoms with E-state index in [0.29, 0.717) is 12.0 Å². The van der Waals surface area contributed by atoms with E-state index in [1.807, 2.05) is 12.1 Å². The Hall–Kier alpha value is -1.61. The summed E-state index contributed by atoms with van der Waals surface area (Å²) in [6.07, 6.45) is 4.02. The highest BCUT2D eigenvalue weighted by molar-refractivity contribution is 5.95. The molecule has 1 aromatic heterocycles. The molecule has 19 heavy (non-hydrogen) atoms. The standard InChI is InChI=1S/C16H17FN2/c1-10-6-13-11-4-3-5-12-14(17)8-19(16(11)12)9-15(13)18(2)7-10/h3-6,8,10,15H,7,9H2,1-2H3. The van der Waals surface area contributed by atoms with E-state index in [9.17, 15) is 4.39 Å². The maximum Gasteiger partial charge on any atom is 0.148 e. The van der Waals surface area contributed by atoms with Crippen molar-refractivity contribution in [2.75, 3.05) is 13.6 Å². The van der Waals surface area contributed by atoms with Crippen LogP contribution in [0.3, 0.4) is 0 Å². The van der Waals surface area contributed by atoms with E-state index in [4.69, 9.17) is 0 Å². The van der Waals surface area contributed by atoms with Gasteiger partial charge in [-0.25, -0.2) is 4.39 Å². The van der Waals surface area contributed by atoms with Crippen LogP contribution in [0, 0.1) is 11.7 Å². The fourth-order valence-corrected chi connectivity index (χ4v) is 3.68. The van der Waals surface area contributed by atoms with E-state index in [0.717, 1.165) is 24.0 Å². The van der Waals surface area contributed by atoms with Gasteiger partial charge >= 0.3 is 0 Å². The van der Waals surface area contributed by atoms with Crippen LogP contribution in [-0.4, -0.2) is 29.1 Å². The summed E-state index contributed by atoms with van der Waals surface area (Å²) in [6.45, 7) is 4.17. The van der Waals surface area contributed by atoms with E-state index in [2.05, 4.69) is 35.6 Å². The molecule has 1 aromatic carbocycles. The zero-order chi connectivity index (χ0) is 13.1. The second-order valence-corrected chi connectivity index (χ2v) is 5.89. The Morgan fingerprint density at radius 2 is 2.11 bits per heavy atom. The van der Waals surface area contributed by atoms with Crippen molar-refractivity contribution in [2.24, 2.45) is 5.92 Å². The number of fused-ring (bicyclic) bond motifs is 2. The zero-order valence-electron chi connectivity index (χ0n) is 11.2. The van der Waals surface area contributed by atoms with Gasteiger partial charge in [-0.15, -0.1) is 0 Å². The van der Waals surface area contributed by atoms with Crippen LogP contribution in [-0.2, 0) is 6.54 Å². The molecule has 2 aromatic rings. The highest BCUT2D eigenvalue weighted by Gasteiger charge is 2.32. The van der Waals surface area contributed by atoms with Gasteiger partial charge < -0.3 is 4.57 Å². The van der Waals surface area contributed by atoms with E-state index >= 15 is 0 Å². The quantitative estimate of drug-likeness (QED) is 0.703. The number of likely N-dealkylation sites (N-methyl/N-ethyl adjacent to an activating group) is 1. The normalized spacial score (nSPS) is 26.4. The van der Waals surface area contributed by atoms with E-state index in [-0.39, 0.29) is 5.82 Å². The van der Waals surface area contributed by atoms with Gasteiger partial charge in [-0.3, -0.25) is 4.90 Å². The first kappa shape index (κ1) is 11.2. The van der Waals surface area contributed by atoms with Crippen LogP contribution in [0.5, 0.6) is 0 Å². The van der Waals surface area contributed by atoms with E-state index in [1.54, 1.807) is 6.20 Å². The lowest BCUT2D eigenvalue weighted by molar-refractivity contribution is 0.234. The monoisotopic (exact) mass is 256 g/mol. The lowest BCUT2D eigenvalue weighted by atomic mass is 9.86. The van der Waals surface area contributed by atoms with Gasteiger partial charge in [0.05, 0.1) is 11.6 Å². The predicted octanol–water partition coefficient (Wildman–Crippen LogP) is 3.13. The SMILES string of the molecule is CC1C=C2c3cccc4c(F)cn(c34)CC2N(C)C1. The van der Waals surface area contributed by atoms with Gasteiger partial charge in [0.2, 0.25) is 0 Å². The third kappa shape index (κ3) is 1.45. The summed E-state index contributed by atoms with van der Waals surface area (Å²) < 4.78 is 16.1. The Morgan fingerprint density at radius 1 is 1.26 bits per heavy atom. The molecule has 0 aliphatic carbocycles. The lowest BCUT2D eigenvalue weighted by Gasteiger charge is -2.39. The molecule has 98 valence electrons. The maximum absolute atomic E-state index is 14.0. The van der Waals surface area contributed by atoms with Crippen molar-refractivity contribution in [1.29, 1.82) is 0 Å². The number of hydrogen-bond donors (Lipinski definition) is 0. The number of nitrogens with zero attached hydrogens (tertiary/aromatic N) is 2. The summed E-state index contributed by atoms with van der Waals surface area (Å²) in [5.74, 6) is 0.449. The molecule has 4 rings (SSSR count). The summed E-state index contributed by atoms with van der Waals surface area (Å²) in [5.41, 5.74) is 3.64. The number of rotatable bonds is 0. The van der Waals surface area contributed by atoms with Gasteiger partial charge in [0.15, 0.2) is 0 Å². The van der Waals surface area contributed by atoms with Gasteiger partial charge in [0, 0.05) is 30.2 Å². The average molecular weight is 256 g/mol. The molecule has 0 saturated heterocycles. The number of hydrogen-bond acceptors (Lipinski definition) is 1. The Bertz CT molecular complexity index is 698. The van der Waals surface area contributed by atoms with Crippen molar-refractivity contribution >= 4 is 16.5 Å². The summed E-state index contributed by atoms with van der Waals surface area (Å²) in [7, 11) is 2.17. The van der Waals surface area contributed by atoms with Crippen molar-refractivity contribution in [2.45, 2.75) is 19.5 Å². The smallest absolute Gasteiger partial charge is 0.148 e. The Morgan fingerprint density at radius 3 is 2.95 bits per heavy atom. The van der Waals surface area contributed by atoms with Gasteiger partial charge in [-0.2, -0.15) is 0 Å². The first-order valence-corrected chi connectivity index (χ1v) is 6.85. The highest BCUT2D eigenvalue weighted by Crippen LogP contribution is 2.39. The topological polar surface area (TPSA) is 8.17 Å². The molecule has 0 spiro atoms. The average Bonchev–Trinajstić information content (AvgIpc) is 2.70. The molecule has 2 nitrogen and oxygen atoms in total. The zero-order valence-corrected chi connectivity index (χ0v) is 11.2. The van der Waals surface area contributed by atoms with Crippen molar-refractivity contribution in [1.82, 2.24) is 9.47 Å². The molecule has 2 aliphatic heterocycles. The molecule has 0 amide bonds. The number of halogens is 1. The summed E-state index contributed by atoms with van der Waals surface area (Å²) >= 11 is 0. The van der Waals surface area contributed by atoms with Crippen LogP contribution in [0.25, 0.3) is 16.5 Å². The Labute approximate surface area is 112 Å². The lowest BCUT2D eigenvalue weighted by Crippen LogP contribution is -2.43. The number of benzene rings is 1. The third-order valence-electron chi connectivity index (χ3n) is 4.46. The van der Waals surface area contributed by atoms with Crippen LogP contribution in [0.1, 0.15) is 12.5 Å². The Balaban J connectivity index is 2.04. The minimum absolute atomic E-state index is 0.105. The van der Waals surface area contributed by atoms with Gasteiger partial charge in [0.25, 0.3) is 0 Å². The molecule has 0 radical (unpaired) electrons. The molecule has 3 heteroatoms. The van der Waals surface area contributed by atoms with Gasteiger partial charge in [-0.1, -0.05) is 25.1 Å². The fraction of sp³-hybridized carbons (Fsp3) is 0.375. The van der Waals surface area contributed by atoms with E-state index < -0.39 is 0 Å². The molecule has 3 heterocycles. The van der Waals surface area contributed by atoms with Gasteiger partial charge in [-0.05, 0) is 24.6 Å². The fourth-order valence-electron chi connectivity index (χ4n) is 3.68. The maximum atomic E-state index is 14.0. The molecule has 0 bridgehead atoms. The molecule has 2 unspecified atom stereocenters.